The fraction of sp³-hybridized carbons (Fsp3) is 0.400. The number of amides is 2. The van der Waals surface area contributed by atoms with Gasteiger partial charge in [0.1, 0.15) is 12.4 Å². The molecule has 1 aromatic heterocycles. The summed E-state index contributed by atoms with van der Waals surface area (Å²) in [6, 6.07) is 9.68. The molecule has 1 fully saturated rings. The third-order valence-electron chi connectivity index (χ3n) is 5.98. The van der Waals surface area contributed by atoms with E-state index in [0.29, 0.717) is 48.5 Å². The number of ether oxygens (including phenoxy) is 2. The van der Waals surface area contributed by atoms with Crippen molar-refractivity contribution >= 4 is 28.5 Å². The summed E-state index contributed by atoms with van der Waals surface area (Å²) in [5, 5.41) is 2.78. The van der Waals surface area contributed by atoms with Crippen LogP contribution in [0.3, 0.4) is 0 Å². The molecule has 0 radical (unpaired) electrons. The van der Waals surface area contributed by atoms with Crippen molar-refractivity contribution in [2.24, 2.45) is 5.92 Å². The van der Waals surface area contributed by atoms with Gasteiger partial charge in [-0.2, -0.15) is 0 Å². The fourth-order valence-corrected chi connectivity index (χ4v) is 4.47. The minimum atomic E-state index is -0.316. The number of nitrogens with zero attached hydrogens (tertiary/aromatic N) is 3. The van der Waals surface area contributed by atoms with Gasteiger partial charge in [0.25, 0.3) is 5.91 Å². The summed E-state index contributed by atoms with van der Waals surface area (Å²) in [6.07, 6.45) is 3.58. The third-order valence-corrected chi connectivity index (χ3v) is 5.98. The van der Waals surface area contributed by atoms with Crippen molar-refractivity contribution in [3.8, 4) is 0 Å². The minimum Gasteiger partial charge on any atom is -0.384 e. The molecule has 1 atom stereocenters. The van der Waals surface area contributed by atoms with E-state index < -0.39 is 0 Å². The molecule has 34 heavy (non-hydrogen) atoms. The zero-order valence-corrected chi connectivity index (χ0v) is 19.4. The molecule has 9 heteroatoms. The van der Waals surface area contributed by atoms with E-state index in [1.165, 1.54) is 19.2 Å². The number of carbonyl (C=O) groups is 2. The molecule has 180 valence electrons. The number of rotatable bonds is 8. The topological polar surface area (TPSA) is 85.7 Å². The van der Waals surface area contributed by atoms with E-state index in [4.69, 9.17) is 9.47 Å². The van der Waals surface area contributed by atoms with Gasteiger partial charge >= 0.3 is 0 Å². The molecule has 0 saturated carbocycles. The van der Waals surface area contributed by atoms with Crippen LogP contribution in [0.15, 0.2) is 42.7 Å². The van der Waals surface area contributed by atoms with Crippen molar-refractivity contribution < 1.29 is 23.5 Å². The van der Waals surface area contributed by atoms with Crippen LogP contribution in [0.5, 0.6) is 0 Å². The Morgan fingerprint density at radius 3 is 2.71 bits per heavy atom. The summed E-state index contributed by atoms with van der Waals surface area (Å²) < 4.78 is 25.5. The number of halogens is 1. The third kappa shape index (κ3) is 5.43. The first-order valence-electron chi connectivity index (χ1n) is 11.3. The number of methoxy groups -OCH3 is 2. The number of hydrogen-bond acceptors (Lipinski definition) is 5. The summed E-state index contributed by atoms with van der Waals surface area (Å²) in [5.41, 5.74) is 3.09. The van der Waals surface area contributed by atoms with E-state index in [-0.39, 0.29) is 30.2 Å². The first kappa shape index (κ1) is 23.8. The first-order chi connectivity index (χ1) is 16.5. The number of benzene rings is 2. The van der Waals surface area contributed by atoms with Crippen LogP contribution in [0.4, 0.5) is 10.1 Å². The monoisotopic (exact) mass is 468 g/mol. The molecule has 8 nitrogen and oxygen atoms in total. The zero-order valence-electron chi connectivity index (χ0n) is 19.4. The Hall–Kier alpha value is -3.30. The van der Waals surface area contributed by atoms with E-state index in [0.717, 1.165) is 18.4 Å². The Kier molecular flexibility index (Phi) is 7.54. The maximum absolute atomic E-state index is 13.7. The van der Waals surface area contributed by atoms with Crippen LogP contribution < -0.4 is 5.32 Å². The molecule has 1 unspecified atom stereocenters. The number of piperidine rings is 1. The van der Waals surface area contributed by atoms with E-state index >= 15 is 0 Å². The number of aromatic nitrogens is 2. The molecule has 1 N–H and O–H groups in total. The van der Waals surface area contributed by atoms with Crippen LogP contribution >= 0.6 is 0 Å². The number of carbonyl (C=O) groups excluding carboxylic acids is 2. The molecule has 0 bridgehead atoms. The fourth-order valence-electron chi connectivity index (χ4n) is 4.47. The Morgan fingerprint density at radius 2 is 1.97 bits per heavy atom. The van der Waals surface area contributed by atoms with Gasteiger partial charge in [-0.3, -0.25) is 9.59 Å². The number of nitrogens with one attached hydrogen (secondary N) is 1. The minimum absolute atomic E-state index is 0.0921. The Bertz CT molecular complexity index is 1160. The van der Waals surface area contributed by atoms with Gasteiger partial charge < -0.3 is 24.3 Å². The summed E-state index contributed by atoms with van der Waals surface area (Å²) in [4.78, 5) is 32.2. The van der Waals surface area contributed by atoms with Gasteiger partial charge in [0.15, 0.2) is 0 Å². The van der Waals surface area contributed by atoms with Crippen LogP contribution in [0, 0.1) is 11.7 Å². The molecule has 4 rings (SSSR count). The van der Waals surface area contributed by atoms with Crippen molar-refractivity contribution in [1.29, 1.82) is 0 Å². The van der Waals surface area contributed by atoms with Crippen molar-refractivity contribution in [3.63, 3.8) is 0 Å². The van der Waals surface area contributed by atoms with Crippen molar-refractivity contribution in [2.45, 2.75) is 19.4 Å². The van der Waals surface area contributed by atoms with Gasteiger partial charge in [-0.1, -0.05) is 12.1 Å². The lowest BCUT2D eigenvalue weighted by atomic mass is 9.98. The molecule has 0 spiro atoms. The maximum atomic E-state index is 13.7. The molecule has 2 heterocycles. The number of anilines is 1. The second-order valence-electron chi connectivity index (χ2n) is 8.59. The molecule has 2 amide bonds. The first-order valence-corrected chi connectivity index (χ1v) is 11.3. The molecule has 3 aromatic rings. The van der Waals surface area contributed by atoms with E-state index in [1.54, 1.807) is 37.7 Å². The number of likely N-dealkylation sites (tertiary alicyclic amines) is 1. The average Bonchev–Trinajstić information content (AvgIpc) is 3.22. The molecular formula is C25H29FN4O4. The summed E-state index contributed by atoms with van der Waals surface area (Å²) >= 11 is 0. The lowest BCUT2D eigenvalue weighted by Gasteiger charge is -2.32. The second-order valence-corrected chi connectivity index (χ2v) is 8.59. The number of imidazole rings is 1. The molecular weight excluding hydrogens is 439 g/mol. The maximum Gasteiger partial charge on any atom is 0.256 e. The molecule has 2 aromatic carbocycles. The van der Waals surface area contributed by atoms with Gasteiger partial charge in [-0.15, -0.1) is 0 Å². The molecule has 1 saturated heterocycles. The number of fused-ring (bicyclic) bond motifs is 1. The van der Waals surface area contributed by atoms with Gasteiger partial charge in [-0.05, 0) is 48.6 Å². The van der Waals surface area contributed by atoms with Crippen molar-refractivity contribution in [3.05, 3.63) is 59.7 Å². The van der Waals surface area contributed by atoms with Crippen molar-refractivity contribution in [2.75, 3.05) is 45.8 Å². The summed E-state index contributed by atoms with van der Waals surface area (Å²) in [6.45, 7) is 2.21. The zero-order chi connectivity index (χ0) is 24.1. The molecule has 1 aliphatic heterocycles. The quantitative estimate of drug-likeness (QED) is 0.548. The van der Waals surface area contributed by atoms with E-state index in [9.17, 15) is 14.0 Å². The van der Waals surface area contributed by atoms with Crippen LogP contribution in [0.1, 0.15) is 28.8 Å². The highest BCUT2D eigenvalue weighted by molar-refractivity contribution is 6.07. The Morgan fingerprint density at radius 1 is 1.18 bits per heavy atom. The Labute approximate surface area is 197 Å². The smallest absolute Gasteiger partial charge is 0.256 e. The summed E-state index contributed by atoms with van der Waals surface area (Å²) in [5.74, 6) is -0.451. The summed E-state index contributed by atoms with van der Waals surface area (Å²) in [7, 11) is 3.12. The Balaban J connectivity index is 1.72. The van der Waals surface area contributed by atoms with Gasteiger partial charge in [-0.25, -0.2) is 9.37 Å². The SMILES string of the molecule is COCC(=O)Nc1cc(C(=O)N2CCCC(COC)C2)c2c(c1)ncn2Cc1ccc(F)cc1. The predicted molar refractivity (Wildman–Crippen MR) is 126 cm³/mol. The second kappa shape index (κ2) is 10.8. The van der Waals surface area contributed by atoms with Crippen LogP contribution in [-0.4, -0.2) is 66.8 Å². The van der Waals surface area contributed by atoms with Crippen LogP contribution in [0.2, 0.25) is 0 Å². The lowest BCUT2D eigenvalue weighted by Crippen LogP contribution is -2.41. The average molecular weight is 469 g/mol. The van der Waals surface area contributed by atoms with Gasteiger partial charge in [0.2, 0.25) is 5.91 Å². The standard InChI is InChI=1S/C25H29FN4O4/c1-33-14-18-4-3-9-29(13-18)25(32)21-10-20(28-23(31)15-34-2)11-22-24(21)30(16-27-22)12-17-5-7-19(26)8-6-17/h5-8,10-11,16,18H,3-4,9,12-15H2,1-2H3,(H,28,31). The largest absolute Gasteiger partial charge is 0.384 e. The van der Waals surface area contributed by atoms with E-state index in [2.05, 4.69) is 10.3 Å². The van der Waals surface area contributed by atoms with Gasteiger partial charge in [0, 0.05) is 39.5 Å². The van der Waals surface area contributed by atoms with Gasteiger partial charge in [0.05, 0.1) is 29.5 Å². The van der Waals surface area contributed by atoms with E-state index in [1.807, 2.05) is 9.47 Å². The molecule has 1 aliphatic rings. The highest BCUT2D eigenvalue weighted by atomic mass is 19.1. The highest BCUT2D eigenvalue weighted by Crippen LogP contribution is 2.28. The van der Waals surface area contributed by atoms with Crippen LogP contribution in [-0.2, 0) is 20.8 Å². The normalized spacial score (nSPS) is 16.1. The van der Waals surface area contributed by atoms with Crippen LogP contribution in [0.25, 0.3) is 11.0 Å². The lowest BCUT2D eigenvalue weighted by molar-refractivity contribution is -0.119. The number of hydrogen-bond donors (Lipinski definition) is 1. The highest BCUT2D eigenvalue weighted by Gasteiger charge is 2.27. The predicted octanol–water partition coefficient (Wildman–Crippen LogP) is 3.31. The van der Waals surface area contributed by atoms with Crippen molar-refractivity contribution in [1.82, 2.24) is 14.5 Å². The molecule has 0 aliphatic carbocycles.